The van der Waals surface area contributed by atoms with Crippen LogP contribution >= 0.6 is 0 Å². The van der Waals surface area contributed by atoms with Crippen molar-refractivity contribution in [3.05, 3.63) is 47.5 Å². The van der Waals surface area contributed by atoms with Crippen molar-refractivity contribution in [1.29, 1.82) is 0 Å². The summed E-state index contributed by atoms with van der Waals surface area (Å²) in [5, 5.41) is 0. The van der Waals surface area contributed by atoms with E-state index in [4.69, 9.17) is 0 Å². The average Bonchev–Trinajstić information content (AvgIpc) is 3.18. The molecule has 96 valence electrons. The van der Waals surface area contributed by atoms with Crippen LogP contribution in [-0.2, 0) is 0 Å². The van der Waals surface area contributed by atoms with Gasteiger partial charge in [-0.25, -0.2) is 0 Å². The molecular weight excluding hydrogens is 222 g/mol. The molecule has 0 saturated heterocycles. The van der Waals surface area contributed by atoms with Crippen molar-refractivity contribution in [2.24, 2.45) is 5.92 Å². The molecule has 1 aromatic rings. The summed E-state index contributed by atoms with van der Waals surface area (Å²) in [6, 6.07) is 7.85. The Balaban J connectivity index is 1.98. The third-order valence-electron chi connectivity index (χ3n) is 3.28. The van der Waals surface area contributed by atoms with Gasteiger partial charge >= 0.3 is 0 Å². The summed E-state index contributed by atoms with van der Waals surface area (Å²) in [6.45, 7) is 5.86. The van der Waals surface area contributed by atoms with Gasteiger partial charge in [-0.15, -0.1) is 0 Å². The number of hydrogen-bond acceptors (Lipinski definition) is 1. The van der Waals surface area contributed by atoms with Crippen LogP contribution < -0.4 is 0 Å². The second-order valence-electron chi connectivity index (χ2n) is 5.00. The monoisotopic (exact) mass is 243 g/mol. The molecule has 0 heterocycles. The van der Waals surface area contributed by atoms with Gasteiger partial charge in [-0.1, -0.05) is 36.8 Å². The maximum absolute atomic E-state index is 12.4. The number of benzene rings is 1. The SMILES string of the molecule is CCCN(CCC1C=C1)C(=O)c1ccc(C)cc1. The highest BCUT2D eigenvalue weighted by Gasteiger charge is 2.18. The van der Waals surface area contributed by atoms with Crippen LogP contribution in [0.25, 0.3) is 0 Å². The number of rotatable bonds is 6. The van der Waals surface area contributed by atoms with Gasteiger partial charge < -0.3 is 4.90 Å². The topological polar surface area (TPSA) is 20.3 Å². The van der Waals surface area contributed by atoms with Crippen molar-refractivity contribution < 1.29 is 4.79 Å². The number of allylic oxidation sites excluding steroid dienone is 2. The van der Waals surface area contributed by atoms with E-state index in [2.05, 4.69) is 19.1 Å². The number of carbonyl (C=O) groups excluding carboxylic acids is 1. The zero-order valence-electron chi connectivity index (χ0n) is 11.2. The van der Waals surface area contributed by atoms with Crippen molar-refractivity contribution in [3.8, 4) is 0 Å². The van der Waals surface area contributed by atoms with Crippen LogP contribution in [0.1, 0.15) is 35.7 Å². The summed E-state index contributed by atoms with van der Waals surface area (Å²) >= 11 is 0. The Morgan fingerprint density at radius 2 is 1.83 bits per heavy atom. The number of carbonyl (C=O) groups is 1. The molecule has 18 heavy (non-hydrogen) atoms. The van der Waals surface area contributed by atoms with Gasteiger partial charge in [0, 0.05) is 18.7 Å². The third kappa shape index (κ3) is 3.46. The summed E-state index contributed by atoms with van der Waals surface area (Å²) in [5.41, 5.74) is 1.99. The first kappa shape index (κ1) is 12.9. The van der Waals surface area contributed by atoms with Crippen LogP contribution in [0.15, 0.2) is 36.4 Å². The molecule has 1 aliphatic rings. The van der Waals surface area contributed by atoms with E-state index in [0.29, 0.717) is 5.92 Å². The Hall–Kier alpha value is -1.57. The summed E-state index contributed by atoms with van der Waals surface area (Å²) in [5.74, 6) is 0.799. The zero-order valence-corrected chi connectivity index (χ0v) is 11.2. The number of nitrogens with zero attached hydrogens (tertiary/aromatic N) is 1. The van der Waals surface area contributed by atoms with Gasteiger partial charge in [-0.3, -0.25) is 4.79 Å². The molecule has 0 N–H and O–H groups in total. The lowest BCUT2D eigenvalue weighted by molar-refractivity contribution is 0.0752. The Kier molecular flexibility index (Phi) is 4.19. The zero-order chi connectivity index (χ0) is 13.0. The van der Waals surface area contributed by atoms with Crippen LogP contribution in [0.2, 0.25) is 0 Å². The minimum Gasteiger partial charge on any atom is -0.339 e. The first-order valence-corrected chi connectivity index (χ1v) is 6.75. The first-order chi connectivity index (χ1) is 8.70. The van der Waals surface area contributed by atoms with E-state index in [-0.39, 0.29) is 5.91 Å². The van der Waals surface area contributed by atoms with Crippen molar-refractivity contribution in [3.63, 3.8) is 0 Å². The fourth-order valence-electron chi connectivity index (χ4n) is 2.04. The van der Waals surface area contributed by atoms with E-state index < -0.39 is 0 Å². The maximum atomic E-state index is 12.4. The van der Waals surface area contributed by atoms with Gasteiger partial charge in [-0.05, 0) is 37.8 Å². The quantitative estimate of drug-likeness (QED) is 0.701. The second kappa shape index (κ2) is 5.85. The van der Waals surface area contributed by atoms with Crippen molar-refractivity contribution in [2.75, 3.05) is 13.1 Å². The molecule has 0 unspecified atom stereocenters. The molecular formula is C16H21NO. The van der Waals surface area contributed by atoms with Crippen LogP contribution in [0.5, 0.6) is 0 Å². The molecule has 2 nitrogen and oxygen atoms in total. The van der Waals surface area contributed by atoms with Gasteiger partial charge in [0.05, 0.1) is 0 Å². The Bertz CT molecular complexity index is 427. The Morgan fingerprint density at radius 1 is 1.17 bits per heavy atom. The molecule has 0 aliphatic heterocycles. The van der Waals surface area contributed by atoms with Gasteiger partial charge in [0.25, 0.3) is 5.91 Å². The second-order valence-corrected chi connectivity index (χ2v) is 5.00. The third-order valence-corrected chi connectivity index (χ3v) is 3.28. The highest BCUT2D eigenvalue weighted by molar-refractivity contribution is 5.94. The van der Waals surface area contributed by atoms with Gasteiger partial charge in [0.1, 0.15) is 0 Å². The molecule has 0 atom stereocenters. The predicted octanol–water partition coefficient (Wildman–Crippen LogP) is 3.42. The molecule has 0 fully saturated rings. The number of amides is 1. The largest absolute Gasteiger partial charge is 0.339 e. The minimum absolute atomic E-state index is 0.164. The summed E-state index contributed by atoms with van der Waals surface area (Å²) in [7, 11) is 0. The fourth-order valence-corrected chi connectivity index (χ4v) is 2.04. The van der Waals surface area contributed by atoms with E-state index in [0.717, 1.165) is 31.5 Å². The molecule has 0 spiro atoms. The first-order valence-electron chi connectivity index (χ1n) is 6.75. The van der Waals surface area contributed by atoms with Crippen LogP contribution in [0, 0.1) is 12.8 Å². The van der Waals surface area contributed by atoms with Crippen LogP contribution in [0.3, 0.4) is 0 Å². The molecule has 0 aromatic heterocycles. The summed E-state index contributed by atoms with van der Waals surface area (Å²) in [6.07, 6.45) is 6.47. The molecule has 0 bridgehead atoms. The molecule has 1 aliphatic carbocycles. The number of hydrogen-bond donors (Lipinski definition) is 0. The smallest absolute Gasteiger partial charge is 0.253 e. The van der Waals surface area contributed by atoms with E-state index in [1.54, 1.807) is 0 Å². The lowest BCUT2D eigenvalue weighted by Gasteiger charge is -2.22. The normalized spacial score (nSPS) is 13.7. The lowest BCUT2D eigenvalue weighted by atomic mass is 10.1. The highest BCUT2D eigenvalue weighted by atomic mass is 16.2. The molecule has 0 radical (unpaired) electrons. The van der Waals surface area contributed by atoms with Gasteiger partial charge in [0.15, 0.2) is 0 Å². The Morgan fingerprint density at radius 3 is 2.39 bits per heavy atom. The standard InChI is InChI=1S/C16H21NO/c1-3-11-17(12-10-14-6-7-14)16(18)15-8-4-13(2)5-9-15/h4-9,14H,3,10-12H2,1-2H3. The molecule has 1 aromatic carbocycles. The molecule has 2 rings (SSSR count). The summed E-state index contributed by atoms with van der Waals surface area (Å²) in [4.78, 5) is 14.4. The van der Waals surface area contributed by atoms with E-state index >= 15 is 0 Å². The van der Waals surface area contributed by atoms with E-state index in [1.807, 2.05) is 36.1 Å². The lowest BCUT2D eigenvalue weighted by Crippen LogP contribution is -2.33. The highest BCUT2D eigenvalue weighted by Crippen LogP contribution is 2.21. The Labute approximate surface area is 109 Å². The van der Waals surface area contributed by atoms with Gasteiger partial charge in [-0.2, -0.15) is 0 Å². The van der Waals surface area contributed by atoms with Crippen molar-refractivity contribution >= 4 is 5.91 Å². The van der Waals surface area contributed by atoms with Crippen LogP contribution in [0.4, 0.5) is 0 Å². The molecule has 0 saturated carbocycles. The number of aryl methyl sites for hydroxylation is 1. The van der Waals surface area contributed by atoms with Crippen molar-refractivity contribution in [2.45, 2.75) is 26.7 Å². The van der Waals surface area contributed by atoms with Crippen LogP contribution in [-0.4, -0.2) is 23.9 Å². The molecule has 2 heteroatoms. The summed E-state index contributed by atoms with van der Waals surface area (Å²) < 4.78 is 0. The average molecular weight is 243 g/mol. The van der Waals surface area contributed by atoms with Crippen molar-refractivity contribution in [1.82, 2.24) is 4.90 Å². The van der Waals surface area contributed by atoms with E-state index in [9.17, 15) is 4.79 Å². The van der Waals surface area contributed by atoms with E-state index in [1.165, 1.54) is 5.56 Å². The predicted molar refractivity (Wildman–Crippen MR) is 74.6 cm³/mol. The molecule has 1 amide bonds. The fraction of sp³-hybridized carbons (Fsp3) is 0.438. The minimum atomic E-state index is 0.164. The maximum Gasteiger partial charge on any atom is 0.253 e. The van der Waals surface area contributed by atoms with Gasteiger partial charge in [0.2, 0.25) is 0 Å².